The molecule has 2 atom stereocenters. The zero-order chi connectivity index (χ0) is 14.0. The van der Waals surface area contributed by atoms with Crippen molar-refractivity contribution < 1.29 is 19.7 Å². The lowest BCUT2D eigenvalue weighted by Crippen LogP contribution is -2.45. The fourth-order valence-electron chi connectivity index (χ4n) is 1.67. The van der Waals surface area contributed by atoms with Crippen LogP contribution in [0.1, 0.15) is 27.2 Å². The van der Waals surface area contributed by atoms with Crippen LogP contribution in [0.4, 0.5) is 0 Å². The fourth-order valence-corrected chi connectivity index (χ4v) is 1.67. The van der Waals surface area contributed by atoms with E-state index in [9.17, 15) is 5.11 Å². The van der Waals surface area contributed by atoms with Crippen LogP contribution in [0.3, 0.4) is 0 Å². The number of hydrogen-bond acceptors (Lipinski definition) is 5. The predicted molar refractivity (Wildman–Crippen MR) is 71.7 cm³/mol. The lowest BCUT2D eigenvalue weighted by atomic mass is 9.85. The van der Waals surface area contributed by atoms with E-state index < -0.39 is 6.10 Å². The van der Waals surface area contributed by atoms with Crippen LogP contribution in [0, 0.1) is 5.41 Å². The van der Waals surface area contributed by atoms with E-state index in [0.717, 1.165) is 0 Å². The molecule has 0 rings (SSSR count). The van der Waals surface area contributed by atoms with Gasteiger partial charge in [-0.15, -0.1) is 0 Å². The second kappa shape index (κ2) is 9.69. The maximum absolute atomic E-state index is 9.74. The van der Waals surface area contributed by atoms with Gasteiger partial charge in [0, 0.05) is 26.3 Å². The van der Waals surface area contributed by atoms with Gasteiger partial charge < -0.3 is 25.0 Å². The molecular weight excluding hydrogens is 234 g/mol. The first-order chi connectivity index (χ1) is 8.41. The van der Waals surface area contributed by atoms with Crippen molar-refractivity contribution in [1.29, 1.82) is 0 Å². The Balaban J connectivity index is 3.82. The lowest BCUT2D eigenvalue weighted by molar-refractivity contribution is 0.0109. The first-order valence-corrected chi connectivity index (χ1v) is 6.50. The van der Waals surface area contributed by atoms with E-state index in [-0.39, 0.29) is 18.1 Å². The average Bonchev–Trinajstić information content (AvgIpc) is 2.28. The highest BCUT2D eigenvalue weighted by Crippen LogP contribution is 2.21. The van der Waals surface area contributed by atoms with Gasteiger partial charge in [0.2, 0.25) is 0 Å². The number of ether oxygens (including phenoxy) is 2. The van der Waals surface area contributed by atoms with Gasteiger partial charge in [0.25, 0.3) is 0 Å². The number of rotatable bonds is 10. The maximum atomic E-state index is 9.74. The van der Waals surface area contributed by atoms with Crippen molar-refractivity contribution in [1.82, 2.24) is 5.32 Å². The van der Waals surface area contributed by atoms with Crippen LogP contribution >= 0.6 is 0 Å². The molecule has 110 valence electrons. The van der Waals surface area contributed by atoms with E-state index in [0.29, 0.717) is 32.8 Å². The Morgan fingerprint density at radius 1 is 1.22 bits per heavy atom. The Kier molecular flexibility index (Phi) is 9.59. The van der Waals surface area contributed by atoms with E-state index in [4.69, 9.17) is 14.6 Å². The molecule has 2 unspecified atom stereocenters. The first kappa shape index (κ1) is 17.8. The highest BCUT2D eigenvalue weighted by atomic mass is 16.5. The third-order valence-electron chi connectivity index (χ3n) is 2.81. The van der Waals surface area contributed by atoms with Crippen molar-refractivity contribution in [2.75, 3.05) is 40.1 Å². The number of aliphatic hydroxyl groups is 2. The van der Waals surface area contributed by atoms with Gasteiger partial charge in [0.1, 0.15) is 0 Å². The Morgan fingerprint density at radius 3 is 2.39 bits per heavy atom. The normalized spacial score (nSPS) is 15.7. The molecule has 18 heavy (non-hydrogen) atoms. The van der Waals surface area contributed by atoms with Crippen LogP contribution in [-0.2, 0) is 9.47 Å². The minimum Gasteiger partial charge on any atom is -0.396 e. The number of hydrogen-bond donors (Lipinski definition) is 3. The Hall–Kier alpha value is -0.200. The van der Waals surface area contributed by atoms with Gasteiger partial charge in [-0.3, -0.25) is 0 Å². The molecule has 0 aliphatic heterocycles. The number of methoxy groups -OCH3 is 1. The minimum absolute atomic E-state index is 0.0549. The quantitative estimate of drug-likeness (QED) is 0.498. The molecule has 5 heteroatoms. The van der Waals surface area contributed by atoms with Crippen LogP contribution in [0.25, 0.3) is 0 Å². The summed E-state index contributed by atoms with van der Waals surface area (Å²) in [7, 11) is 1.62. The molecule has 3 N–H and O–H groups in total. The summed E-state index contributed by atoms with van der Waals surface area (Å²) in [5.74, 6) is 0. The summed E-state index contributed by atoms with van der Waals surface area (Å²) in [5.41, 5.74) is 0.0549. The largest absolute Gasteiger partial charge is 0.396 e. The van der Waals surface area contributed by atoms with Gasteiger partial charge in [0.15, 0.2) is 0 Å². The van der Waals surface area contributed by atoms with E-state index in [1.54, 1.807) is 7.11 Å². The molecule has 0 saturated carbocycles. The standard InChI is InChI=1S/C13H29NO4/c1-13(2,3)12(5-6-15)14-9-11(16)10-18-8-7-17-4/h11-12,14-16H,5-10H2,1-4H3. The highest BCUT2D eigenvalue weighted by Gasteiger charge is 2.24. The summed E-state index contributed by atoms with van der Waals surface area (Å²) >= 11 is 0. The molecule has 0 radical (unpaired) electrons. The summed E-state index contributed by atoms with van der Waals surface area (Å²) in [6, 6.07) is 0.177. The summed E-state index contributed by atoms with van der Waals surface area (Å²) in [6.45, 7) is 8.28. The Morgan fingerprint density at radius 2 is 1.89 bits per heavy atom. The van der Waals surface area contributed by atoms with Gasteiger partial charge in [-0.25, -0.2) is 0 Å². The highest BCUT2D eigenvalue weighted by molar-refractivity contribution is 4.81. The smallest absolute Gasteiger partial charge is 0.0897 e. The lowest BCUT2D eigenvalue weighted by Gasteiger charge is -2.32. The molecule has 0 aromatic heterocycles. The third-order valence-corrected chi connectivity index (χ3v) is 2.81. The molecular formula is C13H29NO4. The van der Waals surface area contributed by atoms with Crippen molar-refractivity contribution in [2.45, 2.75) is 39.3 Å². The molecule has 0 saturated heterocycles. The average molecular weight is 263 g/mol. The van der Waals surface area contributed by atoms with E-state index in [2.05, 4.69) is 26.1 Å². The fraction of sp³-hybridized carbons (Fsp3) is 1.00. The summed E-state index contributed by atoms with van der Waals surface area (Å²) in [6.07, 6.45) is 0.145. The van der Waals surface area contributed by atoms with Crippen LogP contribution < -0.4 is 5.32 Å². The molecule has 0 aromatic rings. The van der Waals surface area contributed by atoms with Crippen molar-refractivity contribution >= 4 is 0 Å². The molecule has 5 nitrogen and oxygen atoms in total. The molecule has 0 aliphatic carbocycles. The van der Waals surface area contributed by atoms with Gasteiger partial charge in [-0.05, 0) is 11.8 Å². The molecule has 0 aliphatic rings. The second-order valence-corrected chi connectivity index (χ2v) is 5.56. The van der Waals surface area contributed by atoms with Gasteiger partial charge >= 0.3 is 0 Å². The Bertz CT molecular complexity index is 194. The Labute approximate surface area is 110 Å². The van der Waals surface area contributed by atoms with Gasteiger partial charge in [-0.1, -0.05) is 20.8 Å². The van der Waals surface area contributed by atoms with Crippen LogP contribution in [0.2, 0.25) is 0 Å². The molecule has 0 amide bonds. The van der Waals surface area contributed by atoms with Crippen molar-refractivity contribution in [3.63, 3.8) is 0 Å². The summed E-state index contributed by atoms with van der Waals surface area (Å²) in [5, 5.41) is 22.0. The third kappa shape index (κ3) is 8.83. The van der Waals surface area contributed by atoms with E-state index in [1.165, 1.54) is 0 Å². The maximum Gasteiger partial charge on any atom is 0.0897 e. The first-order valence-electron chi connectivity index (χ1n) is 6.50. The SMILES string of the molecule is COCCOCC(O)CNC(CCO)C(C)(C)C. The molecule has 0 fully saturated rings. The summed E-state index contributed by atoms with van der Waals surface area (Å²) < 4.78 is 10.1. The number of nitrogens with one attached hydrogen (secondary N) is 1. The van der Waals surface area contributed by atoms with E-state index >= 15 is 0 Å². The topological polar surface area (TPSA) is 71.0 Å². The zero-order valence-electron chi connectivity index (χ0n) is 12.1. The van der Waals surface area contributed by atoms with Crippen molar-refractivity contribution in [3.05, 3.63) is 0 Å². The molecule has 0 spiro atoms. The molecule has 0 heterocycles. The van der Waals surface area contributed by atoms with Crippen molar-refractivity contribution in [3.8, 4) is 0 Å². The zero-order valence-corrected chi connectivity index (χ0v) is 12.1. The van der Waals surface area contributed by atoms with Crippen LogP contribution in [-0.4, -0.2) is 62.4 Å². The monoisotopic (exact) mass is 263 g/mol. The van der Waals surface area contributed by atoms with Gasteiger partial charge in [-0.2, -0.15) is 0 Å². The number of aliphatic hydroxyl groups excluding tert-OH is 2. The van der Waals surface area contributed by atoms with Crippen LogP contribution in [0.5, 0.6) is 0 Å². The molecule has 0 bridgehead atoms. The minimum atomic E-state index is -0.537. The second-order valence-electron chi connectivity index (χ2n) is 5.56. The summed E-state index contributed by atoms with van der Waals surface area (Å²) in [4.78, 5) is 0. The van der Waals surface area contributed by atoms with Crippen LogP contribution in [0.15, 0.2) is 0 Å². The predicted octanol–water partition coefficient (Wildman–Crippen LogP) is 0.397. The van der Waals surface area contributed by atoms with E-state index in [1.807, 2.05) is 0 Å². The molecule has 0 aromatic carbocycles. The van der Waals surface area contributed by atoms with Gasteiger partial charge in [0.05, 0.1) is 25.9 Å². The van der Waals surface area contributed by atoms with Crippen molar-refractivity contribution in [2.24, 2.45) is 5.41 Å².